The molecular weight excluding hydrogens is 365 g/mol. The predicted octanol–water partition coefficient (Wildman–Crippen LogP) is 2.03. The molecule has 0 spiro atoms. The van der Waals surface area contributed by atoms with Crippen LogP contribution in [0.2, 0.25) is 0 Å². The summed E-state index contributed by atoms with van der Waals surface area (Å²) in [5, 5.41) is 14.7. The minimum atomic E-state index is -0.685. The van der Waals surface area contributed by atoms with Crippen LogP contribution < -0.4 is 10.6 Å². The molecule has 1 aromatic carbocycles. The highest BCUT2D eigenvalue weighted by atomic mass is 19.1. The average molecular weight is 391 g/mol. The average Bonchev–Trinajstić information content (AvgIpc) is 2.71. The first-order valence-corrected chi connectivity index (χ1v) is 9.61. The zero-order valence-corrected chi connectivity index (χ0v) is 15.6. The number of halogens is 1. The van der Waals surface area contributed by atoms with E-state index in [-0.39, 0.29) is 24.6 Å². The fraction of sp³-hybridized carbons (Fsp3) is 0.500. The number of aliphatic hydroxyl groups excluding tert-OH is 1. The van der Waals surface area contributed by atoms with Gasteiger partial charge in [-0.15, -0.1) is 0 Å². The van der Waals surface area contributed by atoms with Gasteiger partial charge in [0, 0.05) is 13.1 Å². The molecule has 28 heavy (non-hydrogen) atoms. The van der Waals surface area contributed by atoms with Gasteiger partial charge in [0.25, 0.3) is 0 Å². The molecule has 3 amide bonds. The third-order valence-electron chi connectivity index (χ3n) is 4.97. The van der Waals surface area contributed by atoms with Gasteiger partial charge in [0.1, 0.15) is 11.9 Å². The number of rotatable bonds is 5. The normalized spacial score (nSPS) is 24.6. The Balaban J connectivity index is 1.54. The summed E-state index contributed by atoms with van der Waals surface area (Å²) in [5.74, 6) is -0.502. The first kappa shape index (κ1) is 20.3. The molecule has 8 heteroatoms. The number of amides is 3. The van der Waals surface area contributed by atoms with Crippen LogP contribution in [-0.2, 0) is 9.53 Å². The molecule has 0 bridgehead atoms. The fourth-order valence-corrected chi connectivity index (χ4v) is 3.45. The molecule has 1 fully saturated rings. The molecule has 0 aliphatic carbocycles. The molecule has 0 radical (unpaired) electrons. The van der Waals surface area contributed by atoms with Crippen LogP contribution in [0.15, 0.2) is 36.4 Å². The van der Waals surface area contributed by atoms with Crippen molar-refractivity contribution < 1.29 is 23.8 Å². The summed E-state index contributed by atoms with van der Waals surface area (Å²) < 4.78 is 19.4. The highest BCUT2D eigenvalue weighted by Crippen LogP contribution is 2.19. The van der Waals surface area contributed by atoms with Crippen LogP contribution in [0.4, 0.5) is 14.9 Å². The SMILES string of the molecule is O=C(Nc1ccccc1F)N[C@H]1C=C[C@@H](CC(=O)N2CCCCC2)O[C@@H]1CO. The van der Waals surface area contributed by atoms with Crippen LogP contribution >= 0.6 is 0 Å². The van der Waals surface area contributed by atoms with Crippen LogP contribution in [0.25, 0.3) is 0 Å². The van der Waals surface area contributed by atoms with Gasteiger partial charge in [-0.3, -0.25) is 4.79 Å². The van der Waals surface area contributed by atoms with Gasteiger partial charge in [0.15, 0.2) is 0 Å². The summed E-state index contributed by atoms with van der Waals surface area (Å²) in [6, 6.07) is 4.65. The van der Waals surface area contributed by atoms with E-state index in [0.29, 0.717) is 0 Å². The second kappa shape index (κ2) is 9.66. The van der Waals surface area contributed by atoms with Crippen LogP contribution in [0.3, 0.4) is 0 Å². The van der Waals surface area contributed by atoms with Crippen LogP contribution in [-0.4, -0.2) is 59.9 Å². The number of carbonyl (C=O) groups is 2. The summed E-state index contributed by atoms with van der Waals surface area (Å²) in [5.41, 5.74) is 0.0614. The summed E-state index contributed by atoms with van der Waals surface area (Å²) in [7, 11) is 0. The third-order valence-corrected chi connectivity index (χ3v) is 4.97. The lowest BCUT2D eigenvalue weighted by molar-refractivity contribution is -0.136. The maximum absolute atomic E-state index is 13.6. The minimum absolute atomic E-state index is 0.0368. The Morgan fingerprint density at radius 1 is 1.18 bits per heavy atom. The standard InChI is InChI=1S/C20H26FN3O4/c21-15-6-2-3-7-16(15)22-20(27)23-17-9-8-14(28-18(17)13-25)12-19(26)24-10-4-1-5-11-24/h2-3,6-9,14,17-18,25H,1,4-5,10-13H2,(H2,22,23,27)/t14-,17-,18+/m0/s1. The highest BCUT2D eigenvalue weighted by Gasteiger charge is 2.30. The lowest BCUT2D eigenvalue weighted by atomic mass is 10.0. The Morgan fingerprint density at radius 2 is 1.93 bits per heavy atom. The molecule has 3 atom stereocenters. The largest absolute Gasteiger partial charge is 0.394 e. The van der Waals surface area contributed by atoms with Crippen molar-refractivity contribution >= 4 is 17.6 Å². The molecular formula is C20H26FN3O4. The number of nitrogens with one attached hydrogen (secondary N) is 2. The third kappa shape index (κ3) is 5.30. The van der Waals surface area contributed by atoms with Crippen molar-refractivity contribution in [2.24, 2.45) is 0 Å². The Morgan fingerprint density at radius 3 is 2.64 bits per heavy atom. The molecule has 0 aromatic heterocycles. The highest BCUT2D eigenvalue weighted by molar-refractivity contribution is 5.89. The fourth-order valence-electron chi connectivity index (χ4n) is 3.45. The van der Waals surface area contributed by atoms with Gasteiger partial charge in [-0.1, -0.05) is 24.3 Å². The molecule has 0 saturated carbocycles. The van der Waals surface area contributed by atoms with E-state index >= 15 is 0 Å². The topological polar surface area (TPSA) is 90.9 Å². The van der Waals surface area contributed by atoms with Crippen molar-refractivity contribution in [3.05, 3.63) is 42.2 Å². The van der Waals surface area contributed by atoms with E-state index < -0.39 is 30.1 Å². The maximum Gasteiger partial charge on any atom is 0.319 e. The van der Waals surface area contributed by atoms with Crippen molar-refractivity contribution in [2.45, 2.75) is 43.9 Å². The number of piperidine rings is 1. The van der Waals surface area contributed by atoms with E-state index in [1.165, 1.54) is 18.2 Å². The zero-order chi connectivity index (χ0) is 19.9. The first-order valence-electron chi connectivity index (χ1n) is 9.61. The number of ether oxygens (including phenoxy) is 1. The molecule has 2 aliphatic heterocycles. The monoisotopic (exact) mass is 391 g/mol. The minimum Gasteiger partial charge on any atom is -0.394 e. The molecule has 3 rings (SSSR count). The second-order valence-electron chi connectivity index (χ2n) is 7.03. The van der Waals surface area contributed by atoms with E-state index in [9.17, 15) is 19.1 Å². The van der Waals surface area contributed by atoms with Gasteiger partial charge in [0.05, 0.1) is 30.9 Å². The lowest BCUT2D eigenvalue weighted by Gasteiger charge is -2.33. The number of hydrogen-bond donors (Lipinski definition) is 3. The van der Waals surface area contributed by atoms with Crippen LogP contribution in [0.1, 0.15) is 25.7 Å². The van der Waals surface area contributed by atoms with Crippen molar-refractivity contribution in [2.75, 3.05) is 25.0 Å². The maximum atomic E-state index is 13.6. The molecule has 1 aromatic rings. The molecule has 152 valence electrons. The molecule has 2 heterocycles. The Labute approximate surface area is 163 Å². The van der Waals surface area contributed by atoms with Crippen LogP contribution in [0.5, 0.6) is 0 Å². The van der Waals surface area contributed by atoms with E-state index in [1.807, 2.05) is 4.90 Å². The number of anilines is 1. The molecule has 0 unspecified atom stereocenters. The van der Waals surface area contributed by atoms with Crippen LogP contribution in [0, 0.1) is 5.82 Å². The Bertz CT molecular complexity index is 721. The van der Waals surface area contributed by atoms with Gasteiger partial charge in [-0.05, 0) is 31.4 Å². The molecule has 7 nitrogen and oxygen atoms in total. The number of likely N-dealkylation sites (tertiary alicyclic amines) is 1. The molecule has 2 aliphatic rings. The first-order chi connectivity index (χ1) is 13.6. The predicted molar refractivity (Wildman–Crippen MR) is 102 cm³/mol. The number of nitrogens with zero attached hydrogens (tertiary/aromatic N) is 1. The van der Waals surface area contributed by atoms with Gasteiger partial charge in [-0.25, -0.2) is 9.18 Å². The molecule has 3 N–H and O–H groups in total. The lowest BCUT2D eigenvalue weighted by Crippen LogP contribution is -2.50. The van der Waals surface area contributed by atoms with Gasteiger partial charge < -0.3 is 25.4 Å². The summed E-state index contributed by atoms with van der Waals surface area (Å²) >= 11 is 0. The number of para-hydroxylation sites is 1. The number of aliphatic hydroxyl groups is 1. The van der Waals surface area contributed by atoms with E-state index in [4.69, 9.17) is 4.74 Å². The summed E-state index contributed by atoms with van der Waals surface area (Å²) in [4.78, 5) is 26.4. The summed E-state index contributed by atoms with van der Waals surface area (Å²) in [6.07, 6.45) is 5.71. The molecule has 1 saturated heterocycles. The number of urea groups is 1. The summed E-state index contributed by atoms with van der Waals surface area (Å²) in [6.45, 7) is 1.24. The van der Waals surface area contributed by atoms with E-state index in [0.717, 1.165) is 32.4 Å². The Hall–Kier alpha value is -2.45. The number of carbonyl (C=O) groups excluding carboxylic acids is 2. The van der Waals surface area contributed by atoms with E-state index in [2.05, 4.69) is 10.6 Å². The van der Waals surface area contributed by atoms with Crippen molar-refractivity contribution in [1.29, 1.82) is 0 Å². The number of benzene rings is 1. The Kier molecular flexibility index (Phi) is 7.00. The van der Waals surface area contributed by atoms with Crippen molar-refractivity contribution in [3.8, 4) is 0 Å². The number of hydrogen-bond acceptors (Lipinski definition) is 4. The van der Waals surface area contributed by atoms with Gasteiger partial charge >= 0.3 is 6.03 Å². The van der Waals surface area contributed by atoms with Crippen molar-refractivity contribution in [1.82, 2.24) is 10.2 Å². The van der Waals surface area contributed by atoms with Gasteiger partial charge in [0.2, 0.25) is 5.91 Å². The van der Waals surface area contributed by atoms with E-state index in [1.54, 1.807) is 18.2 Å². The second-order valence-corrected chi connectivity index (χ2v) is 7.03. The van der Waals surface area contributed by atoms with Crippen molar-refractivity contribution in [3.63, 3.8) is 0 Å². The quantitative estimate of drug-likeness (QED) is 0.670. The zero-order valence-electron chi connectivity index (χ0n) is 15.6. The van der Waals surface area contributed by atoms with Gasteiger partial charge in [-0.2, -0.15) is 0 Å². The smallest absolute Gasteiger partial charge is 0.319 e.